The standard InChI is InChI=1S/C47H65N2.BF4/c1-28(2)40-17-38(46-21-32-11-33(22-46)13-34(12-32)23-46)18-41(29(3)4)44(40)48-9-10-49(27-48)45-42(30(5)6)19-39(20-43(45)31(7)8)47-24-35-14-36(25-47)16-37(15-35)26-47;2-1(3,4)5/h9-10,17-20,27-37H,11-16,21-26H2,1-8H3;/q+1;-1. The first kappa shape index (κ1) is 38.3. The fourth-order valence-electron chi connectivity index (χ4n) is 13.9. The molecule has 1 aromatic heterocycles. The molecule has 0 atom stereocenters. The van der Waals surface area contributed by atoms with Gasteiger partial charge in [-0.15, -0.1) is 0 Å². The Morgan fingerprint density at radius 2 is 0.833 bits per heavy atom. The zero-order valence-corrected chi connectivity index (χ0v) is 34.3. The van der Waals surface area contributed by atoms with Crippen molar-refractivity contribution < 1.29 is 21.8 Å². The monoisotopic (exact) mass is 745 g/mol. The van der Waals surface area contributed by atoms with E-state index in [0.29, 0.717) is 34.5 Å². The smallest absolute Gasteiger partial charge is 0.418 e. The summed E-state index contributed by atoms with van der Waals surface area (Å²) in [4.78, 5) is 0. The predicted octanol–water partition coefficient (Wildman–Crippen LogP) is 13.5. The number of halogens is 4. The molecule has 54 heavy (non-hydrogen) atoms. The van der Waals surface area contributed by atoms with Crippen LogP contribution in [0.25, 0.3) is 11.4 Å². The summed E-state index contributed by atoms with van der Waals surface area (Å²) in [5.74, 6) is 7.75. The maximum absolute atomic E-state index is 9.75. The average Bonchev–Trinajstić information content (AvgIpc) is 3.54. The van der Waals surface area contributed by atoms with E-state index in [0.717, 1.165) is 35.5 Å². The van der Waals surface area contributed by atoms with Gasteiger partial charge in [0.05, 0.1) is 0 Å². The van der Waals surface area contributed by atoms with Gasteiger partial charge in [-0.25, -0.2) is 9.13 Å². The van der Waals surface area contributed by atoms with E-state index >= 15 is 0 Å². The summed E-state index contributed by atoms with van der Waals surface area (Å²) >= 11 is 0. The van der Waals surface area contributed by atoms with Gasteiger partial charge < -0.3 is 17.3 Å². The second-order valence-corrected chi connectivity index (χ2v) is 20.7. The number of hydrogen-bond donors (Lipinski definition) is 0. The van der Waals surface area contributed by atoms with Crippen molar-refractivity contribution in [2.75, 3.05) is 0 Å². The minimum Gasteiger partial charge on any atom is -0.418 e. The van der Waals surface area contributed by atoms with Gasteiger partial charge in [0, 0.05) is 22.3 Å². The molecule has 1 heterocycles. The lowest BCUT2D eigenvalue weighted by atomic mass is 9.48. The number of benzene rings is 2. The Kier molecular flexibility index (Phi) is 9.81. The molecule has 0 radical (unpaired) electrons. The zero-order chi connectivity index (χ0) is 38.5. The van der Waals surface area contributed by atoms with Crippen molar-refractivity contribution in [3.05, 3.63) is 76.4 Å². The van der Waals surface area contributed by atoms with Crippen molar-refractivity contribution in [2.45, 2.75) is 167 Å². The number of imidazole rings is 1. The van der Waals surface area contributed by atoms with Crippen molar-refractivity contribution in [3.8, 4) is 11.4 Å². The molecule has 8 saturated carbocycles. The molecule has 0 spiro atoms. The summed E-state index contributed by atoms with van der Waals surface area (Å²) in [6.07, 6.45) is 24.9. The normalized spacial score (nSPS) is 32.4. The molecule has 8 aliphatic rings. The van der Waals surface area contributed by atoms with E-state index in [-0.39, 0.29) is 0 Å². The van der Waals surface area contributed by atoms with Gasteiger partial charge in [-0.2, -0.15) is 0 Å². The fraction of sp³-hybridized carbons (Fsp3) is 0.681. The molecule has 8 aliphatic carbocycles. The molecule has 8 bridgehead atoms. The first-order valence-corrected chi connectivity index (χ1v) is 21.7. The van der Waals surface area contributed by atoms with Crippen LogP contribution in [0, 0.1) is 35.5 Å². The summed E-state index contributed by atoms with van der Waals surface area (Å²) in [5, 5.41) is 0. The third-order valence-electron chi connectivity index (χ3n) is 15.3. The minimum absolute atomic E-state index is 0.425. The van der Waals surface area contributed by atoms with Gasteiger partial charge in [-0.3, -0.25) is 0 Å². The summed E-state index contributed by atoms with van der Waals surface area (Å²) in [7, 11) is -6.00. The van der Waals surface area contributed by atoms with Crippen LogP contribution in [-0.4, -0.2) is 11.8 Å². The van der Waals surface area contributed by atoms with Gasteiger partial charge >= 0.3 is 7.25 Å². The highest BCUT2D eigenvalue weighted by atomic mass is 19.5. The van der Waals surface area contributed by atoms with Crippen LogP contribution in [0.4, 0.5) is 17.3 Å². The largest absolute Gasteiger partial charge is 0.673 e. The van der Waals surface area contributed by atoms with E-state index in [9.17, 15) is 17.3 Å². The van der Waals surface area contributed by atoms with Crippen molar-refractivity contribution in [2.24, 2.45) is 35.5 Å². The predicted molar refractivity (Wildman–Crippen MR) is 214 cm³/mol. The number of rotatable bonds is 8. The van der Waals surface area contributed by atoms with Crippen molar-refractivity contribution in [1.29, 1.82) is 0 Å². The Balaban J connectivity index is 0.000000778. The third-order valence-corrected chi connectivity index (χ3v) is 15.3. The van der Waals surface area contributed by atoms with Crippen LogP contribution in [0.3, 0.4) is 0 Å². The molecule has 2 nitrogen and oxygen atoms in total. The van der Waals surface area contributed by atoms with Crippen LogP contribution < -0.4 is 4.57 Å². The van der Waals surface area contributed by atoms with Gasteiger partial charge in [0.25, 0.3) is 6.33 Å². The lowest BCUT2D eigenvalue weighted by molar-refractivity contribution is -0.596. The molecule has 7 heteroatoms. The summed E-state index contributed by atoms with van der Waals surface area (Å²) in [5.41, 5.74) is 13.3. The first-order valence-electron chi connectivity index (χ1n) is 21.7. The molecule has 11 rings (SSSR count). The minimum atomic E-state index is -6.00. The van der Waals surface area contributed by atoms with Gasteiger partial charge in [0.2, 0.25) is 0 Å². The Morgan fingerprint density at radius 1 is 0.537 bits per heavy atom. The highest BCUT2D eigenvalue weighted by Gasteiger charge is 2.53. The summed E-state index contributed by atoms with van der Waals surface area (Å²) < 4.78 is 44.0. The van der Waals surface area contributed by atoms with Crippen molar-refractivity contribution in [1.82, 2.24) is 4.57 Å². The van der Waals surface area contributed by atoms with Crippen LogP contribution in [0.1, 0.15) is 189 Å². The summed E-state index contributed by atoms with van der Waals surface area (Å²) in [6, 6.07) is 10.8. The maximum atomic E-state index is 9.75. The lowest BCUT2D eigenvalue weighted by Crippen LogP contribution is -2.48. The topological polar surface area (TPSA) is 8.81 Å². The van der Waals surface area contributed by atoms with Crippen LogP contribution in [0.5, 0.6) is 0 Å². The maximum Gasteiger partial charge on any atom is 0.673 e. The molecule has 3 aromatic rings. The Hall–Kier alpha value is -2.57. The van der Waals surface area contributed by atoms with E-state index in [1.54, 1.807) is 33.4 Å². The molecular formula is C47H65BF4N2. The van der Waals surface area contributed by atoms with Crippen molar-refractivity contribution >= 4 is 7.25 Å². The molecule has 294 valence electrons. The second kappa shape index (κ2) is 13.8. The van der Waals surface area contributed by atoms with Gasteiger partial charge in [-0.1, -0.05) is 79.7 Å². The Bertz CT molecular complexity index is 1600. The second-order valence-electron chi connectivity index (χ2n) is 20.7. The van der Waals surface area contributed by atoms with Crippen LogP contribution in [-0.2, 0) is 10.8 Å². The molecule has 0 N–H and O–H groups in total. The van der Waals surface area contributed by atoms with E-state index < -0.39 is 7.25 Å². The highest BCUT2D eigenvalue weighted by Crippen LogP contribution is 2.62. The molecule has 0 amide bonds. The number of hydrogen-bond acceptors (Lipinski definition) is 0. The molecule has 0 aliphatic heterocycles. The Morgan fingerprint density at radius 3 is 1.13 bits per heavy atom. The van der Waals surface area contributed by atoms with E-state index in [2.05, 4.69) is 108 Å². The number of aromatic nitrogens is 2. The quantitative estimate of drug-likeness (QED) is 0.123. The fourth-order valence-corrected chi connectivity index (χ4v) is 13.9. The first-order chi connectivity index (χ1) is 25.4. The molecule has 2 aromatic carbocycles. The van der Waals surface area contributed by atoms with Gasteiger partial charge in [-0.05, 0) is 158 Å². The van der Waals surface area contributed by atoms with Gasteiger partial charge in [0.1, 0.15) is 23.8 Å². The summed E-state index contributed by atoms with van der Waals surface area (Å²) in [6.45, 7) is 19.5. The molecule has 0 unspecified atom stereocenters. The van der Waals surface area contributed by atoms with Crippen molar-refractivity contribution in [3.63, 3.8) is 0 Å². The van der Waals surface area contributed by atoms with E-state index in [1.165, 1.54) is 88.4 Å². The zero-order valence-electron chi connectivity index (χ0n) is 34.3. The van der Waals surface area contributed by atoms with Crippen LogP contribution >= 0.6 is 0 Å². The van der Waals surface area contributed by atoms with E-state index in [1.807, 2.05) is 0 Å². The van der Waals surface area contributed by atoms with E-state index in [4.69, 9.17) is 0 Å². The lowest BCUT2D eigenvalue weighted by Gasteiger charge is -2.57. The third kappa shape index (κ3) is 7.03. The SMILES string of the molecule is CC(C)c1cc(C23CC4CC(CC(C4)C2)C3)cc(C(C)C)c1-n1cc[n+](-c2c(C(C)C)cc(C34CC5CC(CC(C5)C3)C4)cc2C(C)C)c1.F[B-](F)(F)F. The molecule has 0 saturated heterocycles. The van der Waals surface area contributed by atoms with Gasteiger partial charge in [0.15, 0.2) is 0 Å². The molecular weight excluding hydrogens is 679 g/mol. The van der Waals surface area contributed by atoms with Crippen LogP contribution in [0.2, 0.25) is 0 Å². The molecule has 8 fully saturated rings. The number of nitrogens with zero attached hydrogens (tertiary/aromatic N) is 2. The Labute approximate surface area is 323 Å². The average molecular weight is 745 g/mol. The highest BCUT2D eigenvalue weighted by molar-refractivity contribution is 6.50. The van der Waals surface area contributed by atoms with Crippen LogP contribution in [0.15, 0.2) is 43.0 Å².